The average molecular weight is 509 g/mol. The molecule has 1 aromatic heterocycles. The summed E-state index contributed by atoms with van der Waals surface area (Å²) in [4.78, 5) is 37.3. The van der Waals surface area contributed by atoms with Gasteiger partial charge in [-0.1, -0.05) is 26.7 Å². The summed E-state index contributed by atoms with van der Waals surface area (Å²) in [5.41, 5.74) is -2.26. The van der Waals surface area contributed by atoms with Crippen molar-refractivity contribution in [3.8, 4) is 11.5 Å². The second-order valence-electron chi connectivity index (χ2n) is 7.94. The lowest BCUT2D eigenvalue weighted by Gasteiger charge is -2.32. The topological polar surface area (TPSA) is 165 Å². The van der Waals surface area contributed by atoms with Crippen molar-refractivity contribution in [3.63, 3.8) is 0 Å². The van der Waals surface area contributed by atoms with E-state index >= 15 is 0 Å². The number of methoxy groups -OCH3 is 2. The maximum absolute atomic E-state index is 13.7. The van der Waals surface area contributed by atoms with Gasteiger partial charge in [-0.3, -0.25) is 14.9 Å². The SMILES string of the molecule is CCCC(CCC)(OCC)n1nc(C(=O)c2cc(OC)c(OC)cc2[N+](=O)[O-])c(C(C)OC(=O)O)n1. The fourth-order valence-electron chi connectivity index (χ4n) is 4.05. The Morgan fingerprint density at radius 3 is 2.17 bits per heavy atom. The molecular weight excluding hydrogens is 476 g/mol. The van der Waals surface area contributed by atoms with Crippen LogP contribution in [0.25, 0.3) is 0 Å². The Labute approximate surface area is 208 Å². The number of ketones is 1. The molecule has 1 atom stereocenters. The first kappa shape index (κ1) is 28.5. The zero-order chi connectivity index (χ0) is 27.0. The number of hydrogen-bond acceptors (Lipinski definition) is 10. The zero-order valence-electron chi connectivity index (χ0n) is 21.3. The van der Waals surface area contributed by atoms with Gasteiger partial charge in [-0.05, 0) is 26.7 Å². The highest BCUT2D eigenvalue weighted by molar-refractivity contribution is 6.11. The number of nitrogens with zero attached hydrogens (tertiary/aromatic N) is 4. The predicted molar refractivity (Wildman–Crippen MR) is 127 cm³/mol. The van der Waals surface area contributed by atoms with Gasteiger partial charge in [0, 0.05) is 12.7 Å². The van der Waals surface area contributed by atoms with Gasteiger partial charge < -0.3 is 24.1 Å². The van der Waals surface area contributed by atoms with Crippen LogP contribution in [0.3, 0.4) is 0 Å². The van der Waals surface area contributed by atoms with E-state index in [0.29, 0.717) is 32.3 Å². The molecule has 198 valence electrons. The fraction of sp³-hybridized carbons (Fsp3) is 0.565. The molecule has 13 heteroatoms. The number of benzene rings is 1. The molecule has 0 aliphatic heterocycles. The molecule has 1 unspecified atom stereocenters. The van der Waals surface area contributed by atoms with Crippen LogP contribution in [-0.2, 0) is 15.2 Å². The van der Waals surface area contributed by atoms with Crippen molar-refractivity contribution in [2.24, 2.45) is 0 Å². The molecule has 2 aromatic rings. The summed E-state index contributed by atoms with van der Waals surface area (Å²) >= 11 is 0. The van der Waals surface area contributed by atoms with Gasteiger partial charge in [-0.15, -0.1) is 5.10 Å². The van der Waals surface area contributed by atoms with Crippen LogP contribution in [0.1, 0.15) is 81.2 Å². The van der Waals surface area contributed by atoms with Gasteiger partial charge in [0.25, 0.3) is 5.69 Å². The Morgan fingerprint density at radius 1 is 1.11 bits per heavy atom. The molecule has 0 aliphatic carbocycles. The van der Waals surface area contributed by atoms with E-state index in [4.69, 9.17) is 24.1 Å². The smallest absolute Gasteiger partial charge is 0.493 e. The van der Waals surface area contributed by atoms with Crippen molar-refractivity contribution in [2.45, 2.75) is 65.2 Å². The minimum atomic E-state index is -1.58. The average Bonchev–Trinajstić information content (AvgIpc) is 3.29. The number of nitro groups is 1. The third kappa shape index (κ3) is 5.90. The van der Waals surface area contributed by atoms with Gasteiger partial charge >= 0.3 is 6.16 Å². The lowest BCUT2D eigenvalue weighted by molar-refractivity contribution is -0.385. The van der Waals surface area contributed by atoms with Crippen LogP contribution in [0.15, 0.2) is 12.1 Å². The molecule has 1 heterocycles. The van der Waals surface area contributed by atoms with Crippen LogP contribution in [0.4, 0.5) is 10.5 Å². The Morgan fingerprint density at radius 2 is 1.69 bits per heavy atom. The lowest BCUT2D eigenvalue weighted by Crippen LogP contribution is -2.39. The number of hydrogen-bond donors (Lipinski definition) is 1. The summed E-state index contributed by atoms with van der Waals surface area (Å²) in [7, 11) is 2.64. The van der Waals surface area contributed by atoms with Crippen molar-refractivity contribution in [1.82, 2.24) is 15.0 Å². The quantitative estimate of drug-likeness (QED) is 0.165. The van der Waals surface area contributed by atoms with Crippen LogP contribution in [0, 0.1) is 10.1 Å². The number of carbonyl (C=O) groups excluding carboxylic acids is 1. The summed E-state index contributed by atoms with van der Waals surface area (Å²) in [6, 6.07) is 2.25. The van der Waals surface area contributed by atoms with Gasteiger partial charge in [0.05, 0.1) is 25.2 Å². The molecule has 0 fully saturated rings. The van der Waals surface area contributed by atoms with Crippen molar-refractivity contribution >= 4 is 17.6 Å². The van der Waals surface area contributed by atoms with Crippen molar-refractivity contribution in [1.29, 1.82) is 0 Å². The standard InChI is InChI=1S/C23H32N4O9/c1-7-10-23(11-8-2,35-9-3)27-24-19(14(4)36-22(29)30)20(25-27)21(28)15-12-17(33-5)18(34-6)13-16(15)26(31)32/h12-14H,7-11H2,1-6H3,(H,29,30). The fourth-order valence-corrected chi connectivity index (χ4v) is 4.05. The van der Waals surface area contributed by atoms with E-state index in [1.54, 1.807) is 0 Å². The Balaban J connectivity index is 2.81. The number of aromatic nitrogens is 3. The molecular formula is C23H32N4O9. The molecule has 0 aliphatic rings. The van der Waals surface area contributed by atoms with E-state index < -0.39 is 34.4 Å². The molecule has 0 amide bonds. The molecule has 36 heavy (non-hydrogen) atoms. The molecule has 1 aromatic carbocycles. The minimum Gasteiger partial charge on any atom is -0.493 e. The van der Waals surface area contributed by atoms with Crippen LogP contribution in [0.2, 0.25) is 0 Å². The van der Waals surface area contributed by atoms with Crippen LogP contribution >= 0.6 is 0 Å². The molecule has 0 saturated heterocycles. The largest absolute Gasteiger partial charge is 0.506 e. The van der Waals surface area contributed by atoms with Crippen molar-refractivity contribution in [3.05, 3.63) is 39.2 Å². The third-order valence-corrected chi connectivity index (χ3v) is 5.52. The van der Waals surface area contributed by atoms with Gasteiger partial charge in [-0.2, -0.15) is 9.90 Å². The van der Waals surface area contributed by atoms with Gasteiger partial charge in [0.2, 0.25) is 5.78 Å². The van der Waals surface area contributed by atoms with Crippen molar-refractivity contribution in [2.75, 3.05) is 20.8 Å². The molecule has 0 radical (unpaired) electrons. The van der Waals surface area contributed by atoms with Crippen LogP contribution < -0.4 is 9.47 Å². The third-order valence-electron chi connectivity index (χ3n) is 5.52. The maximum atomic E-state index is 13.7. The highest BCUT2D eigenvalue weighted by Crippen LogP contribution is 2.37. The van der Waals surface area contributed by atoms with Gasteiger partial charge in [0.1, 0.15) is 17.4 Å². The van der Waals surface area contributed by atoms with E-state index in [-0.39, 0.29) is 28.5 Å². The normalized spacial score (nSPS) is 12.2. The monoisotopic (exact) mass is 508 g/mol. The first-order valence-electron chi connectivity index (χ1n) is 11.5. The Kier molecular flexibility index (Phi) is 9.73. The number of carboxylic acid groups (broad SMARTS) is 1. The molecule has 0 saturated carbocycles. The Hall–Kier alpha value is -3.74. The summed E-state index contributed by atoms with van der Waals surface area (Å²) in [6.45, 7) is 7.47. The first-order valence-corrected chi connectivity index (χ1v) is 11.5. The van der Waals surface area contributed by atoms with E-state index in [9.17, 15) is 19.7 Å². The molecule has 2 rings (SSSR count). The number of nitro benzene ring substituents is 1. The van der Waals surface area contributed by atoms with Gasteiger partial charge in [0.15, 0.2) is 22.9 Å². The van der Waals surface area contributed by atoms with E-state index in [1.807, 2.05) is 20.8 Å². The summed E-state index contributed by atoms with van der Waals surface area (Å²) in [5, 5.41) is 29.8. The van der Waals surface area contributed by atoms with Crippen LogP contribution in [0.5, 0.6) is 11.5 Å². The molecule has 0 bridgehead atoms. The number of ether oxygens (including phenoxy) is 4. The lowest BCUT2D eigenvalue weighted by atomic mass is 10.0. The molecule has 13 nitrogen and oxygen atoms in total. The second kappa shape index (κ2) is 12.3. The molecule has 1 N–H and O–H groups in total. The second-order valence-corrected chi connectivity index (χ2v) is 7.94. The van der Waals surface area contributed by atoms with E-state index in [2.05, 4.69) is 10.2 Å². The van der Waals surface area contributed by atoms with Gasteiger partial charge in [-0.25, -0.2) is 4.79 Å². The Bertz CT molecular complexity index is 1080. The van der Waals surface area contributed by atoms with E-state index in [0.717, 1.165) is 6.07 Å². The highest BCUT2D eigenvalue weighted by Gasteiger charge is 2.38. The van der Waals surface area contributed by atoms with Crippen LogP contribution in [-0.4, -0.2) is 57.8 Å². The highest BCUT2D eigenvalue weighted by atomic mass is 16.7. The number of rotatable bonds is 14. The zero-order valence-corrected chi connectivity index (χ0v) is 21.3. The van der Waals surface area contributed by atoms with Crippen molar-refractivity contribution < 1.29 is 38.6 Å². The summed E-state index contributed by atoms with van der Waals surface area (Å²) in [5.74, 6) is -0.701. The predicted octanol–water partition coefficient (Wildman–Crippen LogP) is 4.48. The summed E-state index contributed by atoms with van der Waals surface area (Å²) in [6.07, 6.45) is -0.324. The minimum absolute atomic E-state index is 0.0634. The summed E-state index contributed by atoms with van der Waals surface area (Å²) < 4.78 is 21.3. The maximum Gasteiger partial charge on any atom is 0.506 e. The first-order chi connectivity index (χ1) is 17.1. The van der Waals surface area contributed by atoms with E-state index in [1.165, 1.54) is 32.0 Å². The molecule has 0 spiro atoms. The number of carbonyl (C=O) groups is 2.